The molecule has 3 N–H and O–H groups in total. The molecule has 1 aromatic carbocycles. The van der Waals surface area contributed by atoms with Gasteiger partial charge in [-0.2, -0.15) is 0 Å². The smallest absolute Gasteiger partial charge is 0.225 e. The summed E-state index contributed by atoms with van der Waals surface area (Å²) in [6.07, 6.45) is 2.39. The van der Waals surface area contributed by atoms with E-state index in [0.717, 1.165) is 5.69 Å². The number of amides is 1. The first-order chi connectivity index (χ1) is 8.02. The number of nitrogens with one attached hydrogen (secondary N) is 1. The Morgan fingerprint density at radius 3 is 2.41 bits per heavy atom. The predicted octanol–water partition coefficient (Wildman–Crippen LogP) is 2.72. The Hall–Kier alpha value is -1.00. The van der Waals surface area contributed by atoms with Gasteiger partial charge in [0.25, 0.3) is 0 Å². The van der Waals surface area contributed by atoms with E-state index >= 15 is 0 Å². The van der Waals surface area contributed by atoms with Crippen molar-refractivity contribution in [2.75, 3.05) is 11.6 Å². The Morgan fingerprint density at radius 2 is 1.94 bits per heavy atom. The number of carbonyl (C=O) groups excluding carboxylic acids is 1. The lowest BCUT2D eigenvalue weighted by atomic mass is 10.0. The molecule has 1 atom stereocenters. The van der Waals surface area contributed by atoms with Crippen LogP contribution in [-0.2, 0) is 4.79 Å². The maximum Gasteiger partial charge on any atom is 0.225 e. The van der Waals surface area contributed by atoms with Gasteiger partial charge in [0.05, 0.1) is 0 Å². The summed E-state index contributed by atoms with van der Waals surface area (Å²) < 4.78 is 0. The molecule has 0 spiro atoms. The third-order valence-electron chi connectivity index (χ3n) is 2.65. The van der Waals surface area contributed by atoms with E-state index in [1.54, 1.807) is 11.8 Å². The molecular weight excluding hydrogens is 232 g/mol. The van der Waals surface area contributed by atoms with Crippen LogP contribution in [0.5, 0.6) is 0 Å². The van der Waals surface area contributed by atoms with Gasteiger partial charge in [-0.1, -0.05) is 13.8 Å². The zero-order chi connectivity index (χ0) is 12.8. The molecule has 0 heterocycles. The molecule has 1 rings (SSSR count). The second kappa shape index (κ2) is 6.67. The molecule has 17 heavy (non-hydrogen) atoms. The number of hydrogen-bond acceptors (Lipinski definition) is 3. The van der Waals surface area contributed by atoms with Crippen LogP contribution in [0.25, 0.3) is 0 Å². The molecule has 0 aliphatic rings. The lowest BCUT2D eigenvalue weighted by molar-refractivity contribution is -0.116. The molecule has 94 valence electrons. The highest BCUT2D eigenvalue weighted by Gasteiger charge is 2.12. The molecule has 0 aliphatic carbocycles. The number of carbonyl (C=O) groups is 1. The van der Waals surface area contributed by atoms with Crippen LogP contribution < -0.4 is 11.1 Å². The van der Waals surface area contributed by atoms with Crippen molar-refractivity contribution in [1.29, 1.82) is 0 Å². The summed E-state index contributed by atoms with van der Waals surface area (Å²) in [6, 6.07) is 7.71. The Balaban J connectivity index is 2.50. The first-order valence-electron chi connectivity index (χ1n) is 5.72. The first-order valence-corrected chi connectivity index (χ1v) is 6.95. The topological polar surface area (TPSA) is 55.1 Å². The summed E-state index contributed by atoms with van der Waals surface area (Å²) in [6.45, 7) is 4.04. The van der Waals surface area contributed by atoms with Crippen molar-refractivity contribution in [2.24, 2.45) is 11.7 Å². The molecule has 0 saturated heterocycles. The van der Waals surface area contributed by atoms with E-state index in [0.29, 0.717) is 12.3 Å². The van der Waals surface area contributed by atoms with Crippen LogP contribution in [0, 0.1) is 5.92 Å². The summed E-state index contributed by atoms with van der Waals surface area (Å²) in [5, 5.41) is 2.85. The molecule has 3 nitrogen and oxygen atoms in total. The fourth-order valence-corrected chi connectivity index (χ4v) is 1.74. The summed E-state index contributed by atoms with van der Waals surface area (Å²) in [5.41, 5.74) is 6.68. The number of benzene rings is 1. The summed E-state index contributed by atoms with van der Waals surface area (Å²) in [4.78, 5) is 12.9. The third-order valence-corrected chi connectivity index (χ3v) is 3.39. The lowest BCUT2D eigenvalue weighted by Gasteiger charge is -2.15. The quantitative estimate of drug-likeness (QED) is 0.792. The zero-order valence-corrected chi connectivity index (χ0v) is 11.4. The second-order valence-corrected chi connectivity index (χ2v) is 5.27. The van der Waals surface area contributed by atoms with Gasteiger partial charge in [0.2, 0.25) is 5.91 Å². The molecule has 0 saturated carbocycles. The molecule has 0 fully saturated rings. The van der Waals surface area contributed by atoms with Crippen LogP contribution in [0.4, 0.5) is 5.69 Å². The first kappa shape index (κ1) is 14.1. The highest BCUT2D eigenvalue weighted by atomic mass is 32.2. The Kier molecular flexibility index (Phi) is 5.51. The fraction of sp³-hybridized carbons (Fsp3) is 0.462. The minimum atomic E-state index is -0.0829. The third kappa shape index (κ3) is 4.79. The van der Waals surface area contributed by atoms with Crippen molar-refractivity contribution < 1.29 is 4.79 Å². The van der Waals surface area contributed by atoms with E-state index in [1.165, 1.54) is 4.90 Å². The van der Waals surface area contributed by atoms with E-state index in [9.17, 15) is 4.79 Å². The number of rotatable bonds is 5. The number of anilines is 1. The van der Waals surface area contributed by atoms with E-state index in [2.05, 4.69) is 5.32 Å². The van der Waals surface area contributed by atoms with E-state index in [4.69, 9.17) is 5.73 Å². The predicted molar refractivity (Wildman–Crippen MR) is 74.3 cm³/mol. The van der Waals surface area contributed by atoms with Crippen LogP contribution in [0.15, 0.2) is 29.2 Å². The molecule has 0 radical (unpaired) electrons. The van der Waals surface area contributed by atoms with Gasteiger partial charge >= 0.3 is 0 Å². The largest absolute Gasteiger partial charge is 0.327 e. The number of thioether (sulfide) groups is 1. The fourth-order valence-electron chi connectivity index (χ4n) is 1.34. The minimum absolute atomic E-state index is 0.0249. The molecule has 0 aliphatic heterocycles. The molecule has 0 bridgehead atoms. The second-order valence-electron chi connectivity index (χ2n) is 4.39. The number of hydrogen-bond donors (Lipinski definition) is 2. The SMILES string of the molecule is CSc1ccc(NC(=O)CC(N)C(C)C)cc1. The van der Waals surface area contributed by atoms with Crippen LogP contribution >= 0.6 is 11.8 Å². The van der Waals surface area contributed by atoms with Crippen molar-refractivity contribution in [3.8, 4) is 0 Å². The monoisotopic (exact) mass is 252 g/mol. The number of nitrogens with two attached hydrogens (primary N) is 1. The van der Waals surface area contributed by atoms with Crippen molar-refractivity contribution in [3.05, 3.63) is 24.3 Å². The highest BCUT2D eigenvalue weighted by Crippen LogP contribution is 2.17. The summed E-state index contributed by atoms with van der Waals surface area (Å²) in [7, 11) is 0. The van der Waals surface area contributed by atoms with Crippen molar-refractivity contribution in [2.45, 2.75) is 31.2 Å². The maximum absolute atomic E-state index is 11.7. The average Bonchev–Trinajstić information content (AvgIpc) is 2.29. The van der Waals surface area contributed by atoms with Crippen molar-refractivity contribution >= 4 is 23.4 Å². The van der Waals surface area contributed by atoms with Crippen LogP contribution in [0.3, 0.4) is 0 Å². The van der Waals surface area contributed by atoms with Crippen molar-refractivity contribution in [3.63, 3.8) is 0 Å². The van der Waals surface area contributed by atoms with Gasteiger partial charge < -0.3 is 11.1 Å². The van der Waals surface area contributed by atoms with E-state index in [1.807, 2.05) is 44.4 Å². The van der Waals surface area contributed by atoms with Gasteiger partial charge in [-0.15, -0.1) is 11.8 Å². The van der Waals surface area contributed by atoms with Gasteiger partial charge in [-0.25, -0.2) is 0 Å². The minimum Gasteiger partial charge on any atom is -0.327 e. The van der Waals surface area contributed by atoms with Crippen LogP contribution in [0.1, 0.15) is 20.3 Å². The summed E-state index contributed by atoms with van der Waals surface area (Å²) >= 11 is 1.68. The van der Waals surface area contributed by atoms with Gasteiger partial charge in [0.1, 0.15) is 0 Å². The Bertz CT molecular complexity index is 362. The molecule has 4 heteroatoms. The molecule has 1 aromatic rings. The van der Waals surface area contributed by atoms with Gasteiger partial charge in [0, 0.05) is 23.0 Å². The molecule has 0 aromatic heterocycles. The molecular formula is C13H20N2OS. The highest BCUT2D eigenvalue weighted by molar-refractivity contribution is 7.98. The van der Waals surface area contributed by atoms with Crippen molar-refractivity contribution in [1.82, 2.24) is 0 Å². The van der Waals surface area contributed by atoms with Gasteiger partial charge in [0.15, 0.2) is 0 Å². The van der Waals surface area contributed by atoms with Gasteiger partial charge in [-0.3, -0.25) is 4.79 Å². The molecule has 1 amide bonds. The maximum atomic E-state index is 11.7. The van der Waals surface area contributed by atoms with Crippen LogP contribution in [-0.4, -0.2) is 18.2 Å². The van der Waals surface area contributed by atoms with Crippen LogP contribution in [0.2, 0.25) is 0 Å². The standard InChI is InChI=1S/C13H20N2OS/c1-9(2)12(14)8-13(16)15-10-4-6-11(17-3)7-5-10/h4-7,9,12H,8,14H2,1-3H3,(H,15,16). The normalized spacial score (nSPS) is 12.5. The Morgan fingerprint density at radius 1 is 1.35 bits per heavy atom. The Labute approximate surface area is 107 Å². The van der Waals surface area contributed by atoms with E-state index < -0.39 is 0 Å². The van der Waals surface area contributed by atoms with Gasteiger partial charge in [-0.05, 0) is 36.4 Å². The summed E-state index contributed by atoms with van der Waals surface area (Å²) in [5.74, 6) is 0.294. The zero-order valence-electron chi connectivity index (χ0n) is 10.6. The lowest BCUT2D eigenvalue weighted by Crippen LogP contribution is -2.31. The molecule has 1 unspecified atom stereocenters. The average molecular weight is 252 g/mol. The van der Waals surface area contributed by atoms with E-state index in [-0.39, 0.29) is 11.9 Å².